The molecule has 6 heteroatoms. The van der Waals surface area contributed by atoms with E-state index in [0.29, 0.717) is 24.7 Å². The van der Waals surface area contributed by atoms with E-state index >= 15 is 0 Å². The summed E-state index contributed by atoms with van der Waals surface area (Å²) in [4.78, 5) is 12.2. The fourth-order valence-electron chi connectivity index (χ4n) is 1.85. The van der Waals surface area contributed by atoms with Crippen LogP contribution in [0, 0.1) is 15.9 Å². The van der Waals surface area contributed by atoms with E-state index < -0.39 is 16.4 Å². The molecule has 1 rings (SSSR count). The monoisotopic (exact) mass is 283 g/mol. The molecule has 0 aliphatic heterocycles. The number of halogens is 1. The Hall–Kier alpha value is -1.53. The van der Waals surface area contributed by atoms with Gasteiger partial charge in [-0.1, -0.05) is 19.1 Å². The van der Waals surface area contributed by atoms with Crippen molar-refractivity contribution in [3.8, 4) is 0 Å². The zero-order valence-corrected chi connectivity index (χ0v) is 12.2. The Morgan fingerprint density at radius 3 is 2.80 bits per heavy atom. The van der Waals surface area contributed by atoms with Gasteiger partial charge in [0.15, 0.2) is 0 Å². The van der Waals surface area contributed by atoms with Crippen LogP contribution in [0.3, 0.4) is 0 Å². The molecule has 20 heavy (non-hydrogen) atoms. The summed E-state index contributed by atoms with van der Waals surface area (Å²) in [5.74, 6) is -0.750. The minimum absolute atomic E-state index is 0.294. The van der Waals surface area contributed by atoms with Crippen LogP contribution in [-0.4, -0.2) is 36.0 Å². The Balaban J connectivity index is 2.47. The van der Waals surface area contributed by atoms with Crippen LogP contribution in [0.15, 0.2) is 18.2 Å². The van der Waals surface area contributed by atoms with Crippen molar-refractivity contribution in [2.24, 2.45) is 0 Å². The van der Waals surface area contributed by atoms with Gasteiger partial charge in [-0.25, -0.2) is 0 Å². The van der Waals surface area contributed by atoms with Crippen molar-refractivity contribution >= 4 is 5.69 Å². The van der Waals surface area contributed by atoms with Crippen LogP contribution in [0.25, 0.3) is 0 Å². The summed E-state index contributed by atoms with van der Waals surface area (Å²) in [6, 6.07) is 4.75. The van der Waals surface area contributed by atoms with Crippen LogP contribution in [-0.2, 0) is 6.54 Å². The van der Waals surface area contributed by atoms with E-state index in [1.54, 1.807) is 6.07 Å². The average Bonchev–Trinajstić information content (AvgIpc) is 2.43. The molecule has 0 saturated carbocycles. The van der Waals surface area contributed by atoms with Crippen molar-refractivity contribution in [2.45, 2.75) is 32.9 Å². The van der Waals surface area contributed by atoms with Gasteiger partial charge in [-0.15, -0.1) is 0 Å². The molecular weight excluding hydrogens is 261 g/mol. The molecular formula is C14H22FN3O2. The lowest BCUT2D eigenvalue weighted by Crippen LogP contribution is -2.34. The topological polar surface area (TPSA) is 58.4 Å². The molecule has 0 saturated heterocycles. The highest BCUT2D eigenvalue weighted by atomic mass is 19.1. The number of likely N-dealkylation sites (N-methyl/N-ethyl adjacent to an activating group) is 1. The van der Waals surface area contributed by atoms with E-state index in [1.165, 1.54) is 12.1 Å². The first-order valence-corrected chi connectivity index (χ1v) is 6.80. The van der Waals surface area contributed by atoms with Crippen LogP contribution in [0.5, 0.6) is 0 Å². The Morgan fingerprint density at radius 2 is 2.20 bits per heavy atom. The first-order valence-electron chi connectivity index (χ1n) is 6.80. The van der Waals surface area contributed by atoms with E-state index in [4.69, 9.17) is 0 Å². The van der Waals surface area contributed by atoms with Crippen LogP contribution >= 0.6 is 0 Å². The molecule has 0 aromatic heterocycles. The van der Waals surface area contributed by atoms with Crippen molar-refractivity contribution < 1.29 is 9.31 Å². The van der Waals surface area contributed by atoms with Crippen molar-refractivity contribution in [3.05, 3.63) is 39.7 Å². The number of nitro groups is 1. The lowest BCUT2D eigenvalue weighted by Gasteiger charge is -2.23. The molecule has 0 fully saturated rings. The molecule has 1 atom stereocenters. The number of hydrogen-bond donors (Lipinski definition) is 1. The highest BCUT2D eigenvalue weighted by Crippen LogP contribution is 2.19. The van der Waals surface area contributed by atoms with Crippen LogP contribution in [0.4, 0.5) is 10.1 Å². The molecule has 0 aliphatic rings. The van der Waals surface area contributed by atoms with Gasteiger partial charge in [0, 0.05) is 37.3 Å². The number of nitrogens with zero attached hydrogens (tertiary/aromatic N) is 2. The van der Waals surface area contributed by atoms with Gasteiger partial charge in [-0.05, 0) is 20.4 Å². The molecule has 1 N–H and O–H groups in total. The fraction of sp³-hybridized carbons (Fsp3) is 0.571. The van der Waals surface area contributed by atoms with Gasteiger partial charge in [0.1, 0.15) is 0 Å². The summed E-state index contributed by atoms with van der Waals surface area (Å²) in [6.45, 7) is 6.14. The first kappa shape index (κ1) is 16.5. The minimum Gasteiger partial charge on any atom is -0.311 e. The summed E-state index contributed by atoms with van der Waals surface area (Å²) in [5, 5.41) is 13.8. The third-order valence-corrected chi connectivity index (χ3v) is 3.56. The Morgan fingerprint density at radius 1 is 1.50 bits per heavy atom. The summed E-state index contributed by atoms with van der Waals surface area (Å²) in [6.07, 6.45) is 1.08. The van der Waals surface area contributed by atoms with E-state index in [2.05, 4.69) is 24.1 Å². The van der Waals surface area contributed by atoms with Crippen molar-refractivity contribution in [1.82, 2.24) is 10.2 Å². The van der Waals surface area contributed by atoms with Gasteiger partial charge in [0.25, 0.3) is 0 Å². The molecule has 0 heterocycles. The molecule has 1 aromatic rings. The largest absolute Gasteiger partial charge is 0.311 e. The van der Waals surface area contributed by atoms with Crippen molar-refractivity contribution in [3.63, 3.8) is 0 Å². The van der Waals surface area contributed by atoms with Crippen LogP contribution < -0.4 is 5.32 Å². The van der Waals surface area contributed by atoms with E-state index in [-0.39, 0.29) is 0 Å². The quantitative estimate of drug-likeness (QED) is 0.452. The predicted molar refractivity (Wildman–Crippen MR) is 77.1 cm³/mol. The summed E-state index contributed by atoms with van der Waals surface area (Å²) in [5.41, 5.74) is -0.147. The smallest absolute Gasteiger partial charge is 0.305 e. The Kier molecular flexibility index (Phi) is 6.54. The molecule has 5 nitrogen and oxygen atoms in total. The number of hydrogen-bond acceptors (Lipinski definition) is 4. The number of benzene rings is 1. The predicted octanol–water partition coefficient (Wildman–Crippen LogP) is 2.55. The molecule has 0 spiro atoms. The molecule has 1 unspecified atom stereocenters. The fourth-order valence-corrected chi connectivity index (χ4v) is 1.85. The van der Waals surface area contributed by atoms with Crippen molar-refractivity contribution in [1.29, 1.82) is 0 Å². The SMILES string of the molecule is CCC(C)N(C)CCNCc1cccc([N+](=O)[O-])c1F. The molecule has 0 amide bonds. The molecule has 1 aromatic carbocycles. The minimum atomic E-state index is -0.750. The third-order valence-electron chi connectivity index (χ3n) is 3.56. The summed E-state index contributed by atoms with van der Waals surface area (Å²) < 4.78 is 13.8. The molecule has 0 radical (unpaired) electrons. The maximum atomic E-state index is 13.8. The summed E-state index contributed by atoms with van der Waals surface area (Å²) in [7, 11) is 2.05. The maximum absolute atomic E-state index is 13.8. The lowest BCUT2D eigenvalue weighted by atomic mass is 10.2. The third kappa shape index (κ3) is 4.54. The average molecular weight is 283 g/mol. The zero-order chi connectivity index (χ0) is 15.1. The van der Waals surface area contributed by atoms with E-state index in [0.717, 1.165) is 13.0 Å². The van der Waals surface area contributed by atoms with Crippen LogP contribution in [0.2, 0.25) is 0 Å². The second-order valence-electron chi connectivity index (χ2n) is 4.92. The lowest BCUT2D eigenvalue weighted by molar-refractivity contribution is -0.387. The number of nitrogens with one attached hydrogen (secondary N) is 1. The zero-order valence-electron chi connectivity index (χ0n) is 12.2. The normalized spacial score (nSPS) is 12.7. The van der Waals surface area contributed by atoms with Gasteiger partial charge >= 0.3 is 5.69 Å². The van der Waals surface area contributed by atoms with Gasteiger partial charge in [0.05, 0.1) is 4.92 Å². The standard InChI is InChI=1S/C14H22FN3O2/c1-4-11(2)17(3)9-8-16-10-12-6-5-7-13(14(12)15)18(19)20/h5-7,11,16H,4,8-10H2,1-3H3. The number of nitro benzene ring substituents is 1. The first-order chi connectivity index (χ1) is 9.47. The van der Waals surface area contributed by atoms with E-state index in [1.807, 2.05) is 7.05 Å². The summed E-state index contributed by atoms with van der Waals surface area (Å²) >= 11 is 0. The molecule has 112 valence electrons. The van der Waals surface area contributed by atoms with Gasteiger partial charge < -0.3 is 10.2 Å². The van der Waals surface area contributed by atoms with Gasteiger partial charge in [-0.2, -0.15) is 4.39 Å². The highest BCUT2D eigenvalue weighted by molar-refractivity contribution is 5.36. The second kappa shape index (κ2) is 7.91. The van der Waals surface area contributed by atoms with E-state index in [9.17, 15) is 14.5 Å². The Bertz CT molecular complexity index is 454. The Labute approximate surface area is 118 Å². The van der Waals surface area contributed by atoms with Gasteiger partial charge in [0.2, 0.25) is 5.82 Å². The maximum Gasteiger partial charge on any atom is 0.305 e. The molecule has 0 aliphatic carbocycles. The molecule has 0 bridgehead atoms. The van der Waals surface area contributed by atoms with Crippen LogP contribution in [0.1, 0.15) is 25.8 Å². The van der Waals surface area contributed by atoms with Crippen molar-refractivity contribution in [2.75, 3.05) is 20.1 Å². The highest BCUT2D eigenvalue weighted by Gasteiger charge is 2.16. The second-order valence-corrected chi connectivity index (χ2v) is 4.92. The van der Waals surface area contributed by atoms with Gasteiger partial charge in [-0.3, -0.25) is 10.1 Å². The number of rotatable bonds is 8.